The van der Waals surface area contributed by atoms with Crippen molar-refractivity contribution in [1.82, 2.24) is 9.71 Å². The maximum Gasteiger partial charge on any atom is 0.244 e. The van der Waals surface area contributed by atoms with Gasteiger partial charge in [-0.05, 0) is 18.6 Å². The standard InChI is InChI=1S/C13H21N3O4S/c1-2-5-14-13-12(4-3-6-15-13)21(17,18)16-9-11-10-19-7-8-20-11/h3-4,6,11,16H,2,5,7-10H2,1H3,(H,14,15). The van der Waals surface area contributed by atoms with Gasteiger partial charge < -0.3 is 14.8 Å². The predicted octanol–water partition coefficient (Wildman–Crippen LogP) is 0.597. The maximum atomic E-state index is 12.4. The van der Waals surface area contributed by atoms with Crippen molar-refractivity contribution >= 4 is 15.8 Å². The Hall–Kier alpha value is -1.22. The zero-order valence-electron chi connectivity index (χ0n) is 12.0. The van der Waals surface area contributed by atoms with E-state index in [-0.39, 0.29) is 17.5 Å². The van der Waals surface area contributed by atoms with E-state index in [0.29, 0.717) is 32.2 Å². The topological polar surface area (TPSA) is 89.6 Å². The number of nitrogens with zero attached hydrogens (tertiary/aromatic N) is 1. The summed E-state index contributed by atoms with van der Waals surface area (Å²) >= 11 is 0. The summed E-state index contributed by atoms with van der Waals surface area (Å²) in [5.41, 5.74) is 0. The molecule has 0 spiro atoms. The first-order valence-electron chi connectivity index (χ1n) is 7.01. The van der Waals surface area contributed by atoms with Gasteiger partial charge in [-0.2, -0.15) is 0 Å². The van der Waals surface area contributed by atoms with E-state index in [9.17, 15) is 8.42 Å². The van der Waals surface area contributed by atoms with Crippen LogP contribution in [0.15, 0.2) is 23.2 Å². The summed E-state index contributed by atoms with van der Waals surface area (Å²) in [6, 6.07) is 3.14. The quantitative estimate of drug-likeness (QED) is 0.766. The molecule has 1 unspecified atom stereocenters. The lowest BCUT2D eigenvalue weighted by Gasteiger charge is -2.23. The number of aromatic nitrogens is 1. The summed E-state index contributed by atoms with van der Waals surface area (Å²) in [5, 5.41) is 3.02. The van der Waals surface area contributed by atoms with Gasteiger partial charge in [-0.25, -0.2) is 18.1 Å². The zero-order chi connectivity index (χ0) is 15.1. The van der Waals surface area contributed by atoms with Gasteiger partial charge in [0.2, 0.25) is 10.0 Å². The van der Waals surface area contributed by atoms with Crippen molar-refractivity contribution in [2.75, 3.05) is 38.2 Å². The fraction of sp³-hybridized carbons (Fsp3) is 0.615. The second-order valence-corrected chi connectivity index (χ2v) is 6.43. The number of ether oxygens (including phenoxy) is 2. The molecule has 118 valence electrons. The summed E-state index contributed by atoms with van der Waals surface area (Å²) in [4.78, 5) is 4.24. The second kappa shape index (κ2) is 7.69. The number of anilines is 1. The lowest BCUT2D eigenvalue weighted by atomic mass is 10.3. The van der Waals surface area contributed by atoms with E-state index in [1.54, 1.807) is 12.3 Å². The Bertz CT molecular complexity index is 544. The van der Waals surface area contributed by atoms with Gasteiger partial charge in [-0.1, -0.05) is 6.92 Å². The molecule has 2 heterocycles. The monoisotopic (exact) mass is 315 g/mol. The van der Waals surface area contributed by atoms with Crippen molar-refractivity contribution in [3.63, 3.8) is 0 Å². The highest BCUT2D eigenvalue weighted by atomic mass is 32.2. The minimum Gasteiger partial charge on any atom is -0.376 e. The average Bonchev–Trinajstić information content (AvgIpc) is 2.52. The number of rotatable bonds is 7. The molecule has 1 fully saturated rings. The lowest BCUT2D eigenvalue weighted by Crippen LogP contribution is -2.39. The highest BCUT2D eigenvalue weighted by molar-refractivity contribution is 7.89. The molecule has 21 heavy (non-hydrogen) atoms. The summed E-state index contributed by atoms with van der Waals surface area (Å²) in [6.45, 7) is 4.29. The highest BCUT2D eigenvalue weighted by Gasteiger charge is 2.22. The average molecular weight is 315 g/mol. The molecule has 0 aromatic carbocycles. The smallest absolute Gasteiger partial charge is 0.244 e. The molecule has 0 radical (unpaired) electrons. The Kier molecular flexibility index (Phi) is 5.92. The Morgan fingerprint density at radius 2 is 2.29 bits per heavy atom. The molecule has 1 atom stereocenters. The summed E-state index contributed by atoms with van der Waals surface area (Å²) in [5.74, 6) is 0.368. The zero-order valence-corrected chi connectivity index (χ0v) is 12.9. The first-order chi connectivity index (χ1) is 10.1. The minimum atomic E-state index is -3.63. The molecular formula is C13H21N3O4S. The Balaban J connectivity index is 2.04. The van der Waals surface area contributed by atoms with E-state index in [1.165, 1.54) is 6.07 Å². The number of nitrogens with one attached hydrogen (secondary N) is 2. The van der Waals surface area contributed by atoms with Crippen LogP contribution in [0.1, 0.15) is 13.3 Å². The molecule has 0 aliphatic carbocycles. The minimum absolute atomic E-state index is 0.148. The molecule has 8 heteroatoms. The van der Waals surface area contributed by atoms with Crippen LogP contribution < -0.4 is 10.0 Å². The lowest BCUT2D eigenvalue weighted by molar-refractivity contribution is -0.0846. The number of pyridine rings is 1. The van der Waals surface area contributed by atoms with Crippen LogP contribution in [-0.2, 0) is 19.5 Å². The van der Waals surface area contributed by atoms with Crippen LogP contribution in [0, 0.1) is 0 Å². The van der Waals surface area contributed by atoms with Gasteiger partial charge in [-0.3, -0.25) is 0 Å². The third-order valence-corrected chi connectivity index (χ3v) is 4.44. The third kappa shape index (κ3) is 4.63. The number of hydrogen-bond donors (Lipinski definition) is 2. The van der Waals surface area contributed by atoms with Crippen molar-refractivity contribution in [3.8, 4) is 0 Å². The molecular weight excluding hydrogens is 294 g/mol. The largest absolute Gasteiger partial charge is 0.376 e. The second-order valence-electron chi connectivity index (χ2n) is 4.70. The maximum absolute atomic E-state index is 12.4. The molecule has 0 amide bonds. The summed E-state index contributed by atoms with van der Waals surface area (Å²) in [7, 11) is -3.63. The molecule has 0 bridgehead atoms. The van der Waals surface area contributed by atoms with E-state index in [2.05, 4.69) is 15.0 Å². The van der Waals surface area contributed by atoms with Gasteiger partial charge in [0.05, 0.1) is 25.9 Å². The van der Waals surface area contributed by atoms with Crippen LogP contribution in [0.2, 0.25) is 0 Å². The van der Waals surface area contributed by atoms with Crippen molar-refractivity contribution in [1.29, 1.82) is 0 Å². The molecule has 1 saturated heterocycles. The van der Waals surface area contributed by atoms with Crippen LogP contribution in [-0.4, -0.2) is 52.4 Å². The van der Waals surface area contributed by atoms with Crippen molar-refractivity contribution in [2.24, 2.45) is 0 Å². The van der Waals surface area contributed by atoms with Crippen LogP contribution in [0.5, 0.6) is 0 Å². The molecule has 0 saturated carbocycles. The first kappa shape index (κ1) is 16.2. The van der Waals surface area contributed by atoms with Gasteiger partial charge in [0, 0.05) is 19.3 Å². The molecule has 1 aromatic rings. The SMILES string of the molecule is CCCNc1ncccc1S(=O)(=O)NCC1COCCO1. The van der Waals surface area contributed by atoms with Crippen LogP contribution >= 0.6 is 0 Å². The van der Waals surface area contributed by atoms with Crippen LogP contribution in [0.25, 0.3) is 0 Å². The van der Waals surface area contributed by atoms with Crippen molar-refractivity contribution < 1.29 is 17.9 Å². The van der Waals surface area contributed by atoms with Crippen LogP contribution in [0.4, 0.5) is 5.82 Å². The summed E-state index contributed by atoms with van der Waals surface area (Å²) < 4.78 is 38.0. The Morgan fingerprint density at radius 3 is 3.00 bits per heavy atom. The Labute approximate surface area is 125 Å². The van der Waals surface area contributed by atoms with Gasteiger partial charge in [-0.15, -0.1) is 0 Å². The fourth-order valence-corrected chi connectivity index (χ4v) is 3.12. The van der Waals surface area contributed by atoms with Gasteiger partial charge in [0.25, 0.3) is 0 Å². The van der Waals surface area contributed by atoms with E-state index in [0.717, 1.165) is 6.42 Å². The van der Waals surface area contributed by atoms with Crippen molar-refractivity contribution in [3.05, 3.63) is 18.3 Å². The predicted molar refractivity (Wildman–Crippen MR) is 78.8 cm³/mol. The fourth-order valence-electron chi connectivity index (χ4n) is 1.92. The molecule has 1 aromatic heterocycles. The van der Waals surface area contributed by atoms with E-state index in [1.807, 2.05) is 6.92 Å². The highest BCUT2D eigenvalue weighted by Crippen LogP contribution is 2.17. The summed E-state index contributed by atoms with van der Waals surface area (Å²) in [6.07, 6.45) is 2.20. The molecule has 1 aliphatic rings. The van der Waals surface area contributed by atoms with Crippen LogP contribution in [0.3, 0.4) is 0 Å². The third-order valence-electron chi connectivity index (χ3n) is 2.99. The van der Waals surface area contributed by atoms with E-state index in [4.69, 9.17) is 9.47 Å². The van der Waals surface area contributed by atoms with Gasteiger partial charge in [0.1, 0.15) is 10.7 Å². The molecule has 1 aliphatic heterocycles. The van der Waals surface area contributed by atoms with E-state index >= 15 is 0 Å². The molecule has 2 rings (SSSR count). The van der Waals surface area contributed by atoms with Crippen molar-refractivity contribution in [2.45, 2.75) is 24.3 Å². The molecule has 2 N–H and O–H groups in total. The Morgan fingerprint density at radius 1 is 1.43 bits per heavy atom. The molecule has 7 nitrogen and oxygen atoms in total. The first-order valence-corrected chi connectivity index (χ1v) is 8.49. The van der Waals surface area contributed by atoms with Gasteiger partial charge in [0.15, 0.2) is 0 Å². The van der Waals surface area contributed by atoms with Gasteiger partial charge >= 0.3 is 0 Å². The number of sulfonamides is 1. The van der Waals surface area contributed by atoms with E-state index < -0.39 is 10.0 Å². The normalized spacial score (nSPS) is 19.4. The number of hydrogen-bond acceptors (Lipinski definition) is 6.